The van der Waals surface area contributed by atoms with Crippen molar-refractivity contribution in [1.82, 2.24) is 43.5 Å². The van der Waals surface area contributed by atoms with Crippen LogP contribution >= 0.6 is 15.9 Å². The molecule has 0 bridgehead atoms. The molecule has 0 unspecified atom stereocenters. The van der Waals surface area contributed by atoms with Gasteiger partial charge in [0.1, 0.15) is 28.5 Å². The first-order chi connectivity index (χ1) is 49.2. The fourth-order valence-electron chi connectivity index (χ4n) is 12.6. The second-order valence-electron chi connectivity index (χ2n) is 29.8. The second-order valence-corrected chi connectivity index (χ2v) is 30.7. The molecular weight excluding hydrogens is 1410 g/mol. The predicted octanol–water partition coefficient (Wildman–Crippen LogP) is 10.3. The number of rotatable bonds is 12. The van der Waals surface area contributed by atoms with E-state index in [1.54, 1.807) is 102 Å². The number of aromatic nitrogens is 3. The number of amides is 5. The predicted molar refractivity (Wildman–Crippen MR) is 414 cm³/mol. The summed E-state index contributed by atoms with van der Waals surface area (Å²) in [4.78, 5) is 109. The van der Waals surface area contributed by atoms with E-state index in [1.165, 1.54) is 0 Å². The minimum Gasteiger partial charge on any atom is -0.496 e. The van der Waals surface area contributed by atoms with E-state index >= 15 is 0 Å². The lowest BCUT2D eigenvalue weighted by Crippen LogP contribution is -2.51. The standard InChI is InChI=1S/C26H35N3O5.C21H27N3O3.C19H27BrN2O4.C13H20BNO3/c1-8-18-14-19(20-13-17(2)23(30)27(6)16-20)15-21(33-7)22(18)24(31)28-9-11-29(12-10-28)25(32)34-26(3,4)5;1-5-15-11-16(17-10-14(2)20(25)23(3)13-17)12-18(27-4)19(15)21(26)24-8-6-22-7-9-24;1-6-13-11-14(20)12-15(25-5)16(13)17(23)21-7-9-22(10-8-21)18(24)26-19(2,3)4;1-9-7-10(8-15(6)11(9)16)14-17-12(2,3)13(4,5)18-14/h13-16H,8-12H2,1-7H3;10-13,22H,5-9H2,1-4H3;11-12H,6-10H2,1-5H3;7-8H,1-6H3. The van der Waals surface area contributed by atoms with E-state index < -0.39 is 18.3 Å². The zero-order chi connectivity index (χ0) is 78.0. The van der Waals surface area contributed by atoms with Gasteiger partial charge in [0.2, 0.25) is 0 Å². The molecule has 3 aromatic carbocycles. The molecular formula is C79H109BBrN9O15. The second kappa shape index (κ2) is 35.1. The van der Waals surface area contributed by atoms with E-state index in [-0.39, 0.29) is 57.8 Å². The molecule has 5 amide bonds. The molecule has 4 aliphatic heterocycles. The van der Waals surface area contributed by atoms with Crippen LogP contribution in [0.2, 0.25) is 0 Å². The topological polar surface area (TPSA) is 244 Å². The van der Waals surface area contributed by atoms with Crippen LogP contribution in [0, 0.1) is 20.8 Å². The number of aryl methyl sites for hydroxylation is 9. The van der Waals surface area contributed by atoms with Gasteiger partial charge in [0, 0.05) is 139 Å². The van der Waals surface area contributed by atoms with Gasteiger partial charge in [-0.3, -0.25) is 28.8 Å². The van der Waals surface area contributed by atoms with Gasteiger partial charge < -0.3 is 76.5 Å². The molecule has 10 rings (SSSR count). The highest BCUT2D eigenvalue weighted by Gasteiger charge is 2.52. The van der Waals surface area contributed by atoms with Crippen molar-refractivity contribution in [1.29, 1.82) is 0 Å². The molecule has 0 atom stereocenters. The van der Waals surface area contributed by atoms with Crippen molar-refractivity contribution >= 4 is 58.4 Å². The maximum Gasteiger partial charge on any atom is 0.496 e. The summed E-state index contributed by atoms with van der Waals surface area (Å²) in [5, 5.41) is 3.27. The molecule has 0 aliphatic carbocycles. The normalized spacial score (nSPS) is 15.6. The number of methoxy groups -OCH3 is 3. The molecule has 6 aromatic rings. The molecule has 0 radical (unpaired) electrons. The van der Waals surface area contributed by atoms with Gasteiger partial charge in [-0.15, -0.1) is 0 Å². The summed E-state index contributed by atoms with van der Waals surface area (Å²) in [5.41, 5.74) is 9.30. The average molecular weight is 1520 g/mol. The number of piperazine rings is 3. The monoisotopic (exact) mass is 1510 g/mol. The quantitative estimate of drug-likeness (QED) is 0.112. The van der Waals surface area contributed by atoms with Crippen molar-refractivity contribution in [2.75, 3.05) is 99.9 Å². The van der Waals surface area contributed by atoms with Gasteiger partial charge in [0.05, 0.1) is 49.2 Å². The van der Waals surface area contributed by atoms with Crippen LogP contribution in [0.4, 0.5) is 9.59 Å². The third kappa shape index (κ3) is 20.7. The first-order valence-electron chi connectivity index (χ1n) is 35.9. The fraction of sp³-hybridized carbons (Fsp3) is 0.519. The van der Waals surface area contributed by atoms with Crippen molar-refractivity contribution < 1.29 is 57.0 Å². The highest BCUT2D eigenvalue weighted by molar-refractivity contribution is 9.10. The van der Waals surface area contributed by atoms with E-state index in [1.807, 2.05) is 163 Å². The number of halogens is 1. The molecule has 26 heteroatoms. The number of hydrogen-bond donors (Lipinski definition) is 1. The molecule has 4 aliphatic rings. The number of nitrogens with zero attached hydrogens (tertiary/aromatic N) is 8. The molecule has 0 spiro atoms. The SMILES string of the molecule is CCc1cc(-c2cc(C)c(=O)n(C)c2)cc(OC)c1C(=O)N1CCN(C(=O)OC(C)(C)C)CC1.CCc1cc(-c2cc(C)c(=O)n(C)c2)cc(OC)c1C(=O)N1CCNCC1.CCc1cc(Br)cc(OC)c1C(=O)N1CCN(C(=O)OC(C)(C)C)CC1.Cc1cc(B2OC(C)(C)C(C)(C)O2)cn(C)c1=O. The van der Waals surface area contributed by atoms with Crippen molar-refractivity contribution in [3.63, 3.8) is 0 Å². The Bertz CT molecular complexity index is 4170. The van der Waals surface area contributed by atoms with Crippen LogP contribution in [-0.4, -0.2) is 197 Å². The van der Waals surface area contributed by atoms with Crippen LogP contribution in [0.15, 0.2) is 92.0 Å². The van der Waals surface area contributed by atoms with E-state index in [4.69, 9.17) is 33.0 Å². The maximum absolute atomic E-state index is 13.5. The summed E-state index contributed by atoms with van der Waals surface area (Å²) in [6.07, 6.45) is 6.80. The molecule has 570 valence electrons. The Morgan fingerprint density at radius 3 is 1.10 bits per heavy atom. The number of hydrogen-bond acceptors (Lipinski definition) is 16. The molecule has 3 aromatic heterocycles. The minimum absolute atomic E-state index is 0.00747. The van der Waals surface area contributed by atoms with Crippen molar-refractivity contribution in [2.24, 2.45) is 21.1 Å². The number of ether oxygens (including phenoxy) is 5. The van der Waals surface area contributed by atoms with Crippen LogP contribution in [0.3, 0.4) is 0 Å². The van der Waals surface area contributed by atoms with Crippen LogP contribution in [0.5, 0.6) is 17.2 Å². The van der Waals surface area contributed by atoms with Gasteiger partial charge >= 0.3 is 19.3 Å². The van der Waals surface area contributed by atoms with Gasteiger partial charge in [0.25, 0.3) is 34.4 Å². The summed E-state index contributed by atoms with van der Waals surface area (Å²) in [5.74, 6) is 1.50. The van der Waals surface area contributed by atoms with E-state index in [0.29, 0.717) is 122 Å². The first-order valence-corrected chi connectivity index (χ1v) is 36.7. The Kier molecular flexibility index (Phi) is 28.0. The van der Waals surface area contributed by atoms with E-state index in [0.717, 1.165) is 74.8 Å². The third-order valence-electron chi connectivity index (χ3n) is 19.1. The van der Waals surface area contributed by atoms with Crippen molar-refractivity contribution in [3.8, 4) is 39.5 Å². The maximum atomic E-state index is 13.5. The molecule has 4 saturated heterocycles. The fourth-order valence-corrected chi connectivity index (χ4v) is 13.1. The third-order valence-corrected chi connectivity index (χ3v) is 19.6. The number of benzene rings is 3. The smallest absolute Gasteiger partial charge is 0.496 e. The lowest BCUT2D eigenvalue weighted by molar-refractivity contribution is 0.00578. The lowest BCUT2D eigenvalue weighted by atomic mass is 9.80. The van der Waals surface area contributed by atoms with Crippen LogP contribution in [-0.2, 0) is 59.2 Å². The summed E-state index contributed by atoms with van der Waals surface area (Å²) in [7, 11) is 9.52. The van der Waals surface area contributed by atoms with Crippen LogP contribution in [0.25, 0.3) is 22.3 Å². The molecule has 24 nitrogen and oxygen atoms in total. The van der Waals surface area contributed by atoms with Crippen molar-refractivity contribution in [3.05, 3.63) is 159 Å². The summed E-state index contributed by atoms with van der Waals surface area (Å²) in [6, 6.07) is 17.1. The molecule has 1 N–H and O–H groups in total. The van der Waals surface area contributed by atoms with Gasteiger partial charge in [-0.25, -0.2) is 9.59 Å². The highest BCUT2D eigenvalue weighted by atomic mass is 79.9. The Morgan fingerprint density at radius 2 is 0.771 bits per heavy atom. The zero-order valence-corrected chi connectivity index (χ0v) is 67.3. The van der Waals surface area contributed by atoms with Crippen molar-refractivity contribution in [2.45, 2.75) is 152 Å². The molecule has 4 fully saturated rings. The first kappa shape index (κ1) is 83.6. The molecule has 0 saturated carbocycles. The van der Waals surface area contributed by atoms with Gasteiger partial charge in [-0.1, -0.05) is 54.9 Å². The average Bonchev–Trinajstić information content (AvgIpc) is 1.39. The largest absolute Gasteiger partial charge is 0.496 e. The Morgan fingerprint density at radius 1 is 0.457 bits per heavy atom. The summed E-state index contributed by atoms with van der Waals surface area (Å²) >= 11 is 3.46. The van der Waals surface area contributed by atoms with Gasteiger partial charge in [0.15, 0.2) is 0 Å². The highest BCUT2D eigenvalue weighted by Crippen LogP contribution is 2.38. The van der Waals surface area contributed by atoms with E-state index in [9.17, 15) is 38.4 Å². The van der Waals surface area contributed by atoms with Gasteiger partial charge in [-0.05, 0) is 190 Å². The van der Waals surface area contributed by atoms with E-state index in [2.05, 4.69) is 21.2 Å². The minimum atomic E-state index is -0.557. The number of pyridine rings is 3. The van der Waals surface area contributed by atoms with Crippen LogP contribution < -0.4 is 41.7 Å². The lowest BCUT2D eigenvalue weighted by Gasteiger charge is -2.36. The summed E-state index contributed by atoms with van der Waals surface area (Å²) < 4.78 is 45.1. The zero-order valence-electron chi connectivity index (χ0n) is 65.7. The Labute approximate surface area is 627 Å². The Hall–Kier alpha value is -8.72. The molecule has 105 heavy (non-hydrogen) atoms. The number of nitrogens with one attached hydrogen (secondary N) is 1. The number of carbonyl (C=O) groups excluding carboxylic acids is 5. The van der Waals surface area contributed by atoms with Crippen LogP contribution in [0.1, 0.15) is 154 Å². The Balaban J connectivity index is 0.000000200. The van der Waals surface area contributed by atoms with Gasteiger partial charge in [-0.2, -0.15) is 0 Å². The summed E-state index contributed by atoms with van der Waals surface area (Å²) in [6.45, 7) is 37.1. The molecule has 7 heterocycles. The number of carbonyl (C=O) groups is 5.